The van der Waals surface area contributed by atoms with E-state index in [1.165, 1.54) is 0 Å². The van der Waals surface area contributed by atoms with Crippen molar-refractivity contribution in [3.8, 4) is 0 Å². The average molecular weight is 449 g/mol. The molecule has 0 fully saturated rings. The molecular weight excluding hydrogens is 437 g/mol. The maximum atomic E-state index is 13.6. The third-order valence-electron chi connectivity index (χ3n) is 3.43. The lowest BCUT2D eigenvalue weighted by Crippen LogP contribution is -2.70. The van der Waals surface area contributed by atoms with E-state index in [4.69, 9.17) is 0 Å². The number of rotatable bonds is 7. The van der Waals surface area contributed by atoms with Crippen molar-refractivity contribution >= 4 is 5.91 Å². The number of nitrogens with zero attached hydrogens (tertiary/aromatic N) is 1. The Kier molecular flexibility index (Phi) is 6.44. The molecule has 28 heavy (non-hydrogen) atoms. The maximum Gasteiger partial charge on any atom is 0.460 e. The van der Waals surface area contributed by atoms with Crippen LogP contribution in [-0.2, 0) is 4.79 Å². The van der Waals surface area contributed by atoms with Gasteiger partial charge >= 0.3 is 35.8 Å². The van der Waals surface area contributed by atoms with Crippen LogP contribution < -0.4 is 0 Å². The molecule has 0 radical (unpaired) electrons. The summed E-state index contributed by atoms with van der Waals surface area (Å²) >= 11 is 0. The summed E-state index contributed by atoms with van der Waals surface area (Å²) in [6, 6.07) is 0. The van der Waals surface area contributed by atoms with E-state index in [0.717, 1.165) is 14.1 Å². The minimum absolute atomic E-state index is 0.0833. The lowest BCUT2D eigenvalue weighted by atomic mass is 9.87. The summed E-state index contributed by atoms with van der Waals surface area (Å²) in [7, 11) is 1.56. The second kappa shape index (κ2) is 6.79. The van der Waals surface area contributed by atoms with Gasteiger partial charge < -0.3 is 10.0 Å². The Morgan fingerprint density at radius 1 is 0.714 bits per heavy atom. The van der Waals surface area contributed by atoms with Crippen LogP contribution in [0, 0.1) is 0 Å². The fourth-order valence-corrected chi connectivity index (χ4v) is 1.90. The molecule has 168 valence electrons. The van der Waals surface area contributed by atoms with E-state index in [1.54, 1.807) is 0 Å². The van der Waals surface area contributed by atoms with Crippen LogP contribution in [0.1, 0.15) is 13.3 Å². The molecule has 0 aliphatic carbocycles. The van der Waals surface area contributed by atoms with E-state index < -0.39 is 53.7 Å². The zero-order chi connectivity index (χ0) is 23.4. The van der Waals surface area contributed by atoms with Crippen molar-refractivity contribution in [2.45, 2.75) is 54.7 Å². The molecule has 3 nitrogen and oxygen atoms in total. The van der Waals surface area contributed by atoms with Crippen LogP contribution in [0.15, 0.2) is 0 Å². The van der Waals surface area contributed by atoms with Crippen molar-refractivity contribution in [2.75, 3.05) is 14.1 Å². The van der Waals surface area contributed by atoms with E-state index >= 15 is 0 Å². The van der Waals surface area contributed by atoms with Crippen LogP contribution in [0.25, 0.3) is 0 Å². The highest BCUT2D eigenvalue weighted by Gasteiger charge is 2.90. The largest absolute Gasteiger partial charge is 0.460 e. The fraction of sp³-hybridized carbons (Fsp3) is 0.917. The Morgan fingerprint density at radius 2 is 1.04 bits per heavy atom. The van der Waals surface area contributed by atoms with Gasteiger partial charge in [-0.15, -0.1) is 0 Å². The molecule has 0 aromatic carbocycles. The van der Waals surface area contributed by atoms with E-state index in [1.807, 2.05) is 0 Å². The zero-order valence-corrected chi connectivity index (χ0v) is 13.9. The van der Waals surface area contributed by atoms with Crippen LogP contribution in [0.5, 0.6) is 0 Å². The molecule has 0 aliphatic heterocycles. The van der Waals surface area contributed by atoms with Gasteiger partial charge in [0.25, 0.3) is 5.91 Å². The van der Waals surface area contributed by atoms with Crippen molar-refractivity contribution in [3.63, 3.8) is 0 Å². The molecule has 1 N–H and O–H groups in total. The van der Waals surface area contributed by atoms with Crippen LogP contribution in [0.4, 0.5) is 57.1 Å². The van der Waals surface area contributed by atoms with Gasteiger partial charge in [-0.25, -0.2) is 0 Å². The molecule has 0 aromatic heterocycles. The van der Waals surface area contributed by atoms with Gasteiger partial charge in [-0.3, -0.25) is 4.79 Å². The predicted molar refractivity (Wildman–Crippen MR) is 64.7 cm³/mol. The first kappa shape index (κ1) is 26.5. The molecule has 0 bridgehead atoms. The molecule has 0 heterocycles. The van der Waals surface area contributed by atoms with Crippen LogP contribution in [0.3, 0.4) is 0 Å². The van der Waals surface area contributed by atoms with E-state index in [9.17, 15) is 67.0 Å². The Hall–Kier alpha value is -1.48. The summed E-state index contributed by atoms with van der Waals surface area (Å²) in [6.07, 6.45) is -10.5. The molecule has 0 aliphatic rings. The second-order valence-corrected chi connectivity index (χ2v) is 6.15. The number of hydrogen-bond donors (Lipinski definition) is 1. The molecule has 0 rings (SSSR count). The number of carbonyl (C=O) groups is 1. The molecule has 1 atom stereocenters. The highest BCUT2D eigenvalue weighted by Crippen LogP contribution is 2.61. The van der Waals surface area contributed by atoms with Gasteiger partial charge in [-0.05, 0) is 6.92 Å². The first-order valence-corrected chi connectivity index (χ1v) is 6.71. The monoisotopic (exact) mass is 449 g/mol. The SMILES string of the molecule is CN(C)C(=O)C(C)(O)CC(F)(F)C(F)(F)C(F)(F)C(F)(F)C(F)(F)C(F)(F)F. The number of alkyl halides is 13. The van der Waals surface area contributed by atoms with Crippen molar-refractivity contribution in [2.24, 2.45) is 0 Å². The van der Waals surface area contributed by atoms with Gasteiger partial charge in [0.1, 0.15) is 5.60 Å². The van der Waals surface area contributed by atoms with Gasteiger partial charge in [-0.2, -0.15) is 57.1 Å². The zero-order valence-electron chi connectivity index (χ0n) is 13.9. The highest BCUT2D eigenvalue weighted by atomic mass is 19.4. The molecular formula is C12H12F13NO2. The first-order chi connectivity index (χ1) is 11.8. The molecule has 0 saturated heterocycles. The summed E-state index contributed by atoms with van der Waals surface area (Å²) in [4.78, 5) is 11.7. The lowest BCUT2D eigenvalue weighted by molar-refractivity contribution is -0.441. The predicted octanol–water partition coefficient (Wildman–Crippen LogP) is 3.95. The topological polar surface area (TPSA) is 40.5 Å². The Bertz CT molecular complexity index is 595. The molecule has 0 spiro atoms. The quantitative estimate of drug-likeness (QED) is 0.599. The Labute approximate surface area is 148 Å². The lowest BCUT2D eigenvalue weighted by Gasteiger charge is -2.41. The van der Waals surface area contributed by atoms with Crippen LogP contribution >= 0.6 is 0 Å². The van der Waals surface area contributed by atoms with Crippen molar-refractivity contribution in [1.29, 1.82) is 0 Å². The fourth-order valence-electron chi connectivity index (χ4n) is 1.90. The van der Waals surface area contributed by atoms with Crippen LogP contribution in [0.2, 0.25) is 0 Å². The van der Waals surface area contributed by atoms with Gasteiger partial charge in [-0.1, -0.05) is 0 Å². The summed E-state index contributed by atoms with van der Waals surface area (Å²) in [5, 5.41) is 9.44. The normalized spacial score (nSPS) is 17.3. The minimum atomic E-state index is -8.03. The summed E-state index contributed by atoms with van der Waals surface area (Å²) < 4.78 is 168. The summed E-state index contributed by atoms with van der Waals surface area (Å²) in [5.74, 6) is -39.7. The van der Waals surface area contributed by atoms with Gasteiger partial charge in [0.2, 0.25) is 0 Å². The number of likely N-dealkylation sites (N-methyl/N-ethyl adjacent to an activating group) is 1. The molecule has 1 unspecified atom stereocenters. The number of carbonyl (C=O) groups excluding carboxylic acids is 1. The second-order valence-electron chi connectivity index (χ2n) is 6.15. The summed E-state index contributed by atoms with van der Waals surface area (Å²) in [5.41, 5.74) is -3.60. The number of hydrogen-bond acceptors (Lipinski definition) is 2. The molecule has 16 heteroatoms. The average Bonchev–Trinajstić information content (AvgIpc) is 2.42. The number of amides is 1. The third-order valence-corrected chi connectivity index (χ3v) is 3.43. The minimum Gasteiger partial charge on any atom is -0.380 e. The van der Waals surface area contributed by atoms with Crippen LogP contribution in [-0.4, -0.2) is 71.4 Å². The summed E-state index contributed by atoms with van der Waals surface area (Å²) in [6.45, 7) is 0.0833. The smallest absolute Gasteiger partial charge is 0.380 e. The maximum absolute atomic E-state index is 13.6. The van der Waals surface area contributed by atoms with Gasteiger partial charge in [0, 0.05) is 14.1 Å². The van der Waals surface area contributed by atoms with E-state index in [0.29, 0.717) is 4.90 Å². The standard InChI is InChI=1S/C12H12F13NO2/c1-6(28,5(27)26(2)3)4-7(13,14)8(15,16)9(17,18)10(19,20)11(21,22)12(23,24)25/h28H,4H2,1-3H3. The van der Waals surface area contributed by atoms with E-state index in [2.05, 4.69) is 0 Å². The Balaban J connectivity index is 6.30. The van der Waals surface area contributed by atoms with Crippen molar-refractivity contribution < 1.29 is 67.0 Å². The number of halogens is 13. The van der Waals surface area contributed by atoms with E-state index in [-0.39, 0.29) is 6.92 Å². The number of aliphatic hydroxyl groups is 1. The molecule has 0 saturated carbocycles. The first-order valence-electron chi connectivity index (χ1n) is 6.71. The van der Waals surface area contributed by atoms with Crippen molar-refractivity contribution in [1.82, 2.24) is 4.90 Å². The highest BCUT2D eigenvalue weighted by molar-refractivity contribution is 5.84. The van der Waals surface area contributed by atoms with Crippen molar-refractivity contribution in [3.05, 3.63) is 0 Å². The van der Waals surface area contributed by atoms with Gasteiger partial charge in [0.15, 0.2) is 0 Å². The van der Waals surface area contributed by atoms with Gasteiger partial charge in [0.05, 0.1) is 6.42 Å². The molecule has 0 aromatic rings. The Morgan fingerprint density at radius 3 is 1.32 bits per heavy atom. The third kappa shape index (κ3) is 3.83. The molecule has 1 amide bonds.